The van der Waals surface area contributed by atoms with Crippen LogP contribution in [-0.2, 0) is 13.0 Å². The van der Waals surface area contributed by atoms with E-state index in [0.29, 0.717) is 10.6 Å². The summed E-state index contributed by atoms with van der Waals surface area (Å²) in [5, 5.41) is 0.713. The Kier molecular flexibility index (Phi) is 5.74. The minimum atomic E-state index is -0.197. The van der Waals surface area contributed by atoms with E-state index < -0.39 is 0 Å². The first-order chi connectivity index (χ1) is 12.5. The van der Waals surface area contributed by atoms with Crippen LogP contribution in [0.1, 0.15) is 34.6 Å². The monoisotopic (exact) mass is 384 g/mol. The van der Waals surface area contributed by atoms with Gasteiger partial charge in [-0.2, -0.15) is 4.99 Å². The van der Waals surface area contributed by atoms with Crippen molar-refractivity contribution in [1.29, 1.82) is 0 Å². The third-order valence-electron chi connectivity index (χ3n) is 4.31. The number of halogens is 1. The highest BCUT2D eigenvalue weighted by Gasteiger charge is 2.15. The molecule has 3 nitrogen and oxygen atoms in total. The average Bonchev–Trinajstić information content (AvgIpc) is 3.00. The summed E-state index contributed by atoms with van der Waals surface area (Å²) in [6, 6.07) is 15.4. The van der Waals surface area contributed by atoms with Crippen LogP contribution in [0.25, 0.3) is 11.3 Å². The zero-order chi connectivity index (χ0) is 18.7. The number of aryl methyl sites for hydroxylation is 2. The maximum atomic E-state index is 12.7. The summed E-state index contributed by atoms with van der Waals surface area (Å²) in [4.78, 5) is 19.1. The molecule has 1 aromatic heterocycles. The van der Waals surface area contributed by atoms with Crippen molar-refractivity contribution in [3.05, 3.63) is 74.4 Å². The number of aromatic nitrogens is 1. The van der Waals surface area contributed by atoms with Gasteiger partial charge in [0, 0.05) is 22.0 Å². The molecule has 2 aromatic carbocycles. The second-order valence-corrected chi connectivity index (χ2v) is 7.49. The molecule has 5 heteroatoms. The Bertz CT molecular complexity index is 1000. The van der Waals surface area contributed by atoms with Crippen LogP contribution < -0.4 is 4.80 Å². The number of carbonyl (C=O) groups excluding carboxylic acids is 1. The topological polar surface area (TPSA) is 34.4 Å². The summed E-state index contributed by atoms with van der Waals surface area (Å²) in [6.07, 6.45) is 0.886. The first-order valence-electron chi connectivity index (χ1n) is 8.68. The number of benzene rings is 2. The summed E-state index contributed by atoms with van der Waals surface area (Å²) >= 11 is 7.62. The second kappa shape index (κ2) is 8.02. The lowest BCUT2D eigenvalue weighted by Gasteiger charge is -2.08. The molecule has 0 saturated carbocycles. The van der Waals surface area contributed by atoms with Crippen molar-refractivity contribution in [1.82, 2.24) is 4.57 Å². The fourth-order valence-corrected chi connectivity index (χ4v) is 4.24. The molecular formula is C21H21ClN2OS. The van der Waals surface area contributed by atoms with E-state index in [1.54, 1.807) is 11.3 Å². The zero-order valence-electron chi connectivity index (χ0n) is 15.1. The summed E-state index contributed by atoms with van der Waals surface area (Å²) in [5.74, 6) is -0.197. The molecule has 0 N–H and O–H groups in total. The van der Waals surface area contributed by atoms with Gasteiger partial charge in [0.1, 0.15) is 0 Å². The number of amides is 1. The van der Waals surface area contributed by atoms with Crippen molar-refractivity contribution in [2.24, 2.45) is 4.99 Å². The summed E-state index contributed by atoms with van der Waals surface area (Å²) in [5.41, 5.74) is 3.80. The van der Waals surface area contributed by atoms with E-state index in [0.717, 1.165) is 34.6 Å². The summed E-state index contributed by atoms with van der Waals surface area (Å²) < 4.78 is 2.11. The van der Waals surface area contributed by atoms with Crippen molar-refractivity contribution in [3.63, 3.8) is 0 Å². The van der Waals surface area contributed by atoms with E-state index >= 15 is 0 Å². The van der Waals surface area contributed by atoms with Gasteiger partial charge >= 0.3 is 0 Å². The molecule has 0 saturated heterocycles. The third kappa shape index (κ3) is 3.67. The number of thiazole rings is 1. The molecule has 3 aromatic rings. The Hall–Kier alpha value is -2.17. The predicted molar refractivity (Wildman–Crippen MR) is 109 cm³/mol. The SMILES string of the molecule is CCc1sc(=NC(=O)c2ccccc2C)n(CC)c1-c1ccc(Cl)cc1. The number of hydrogen-bond acceptors (Lipinski definition) is 2. The molecule has 134 valence electrons. The molecule has 1 heterocycles. The highest BCUT2D eigenvalue weighted by Crippen LogP contribution is 2.27. The predicted octanol–water partition coefficient (Wildman–Crippen LogP) is 5.50. The van der Waals surface area contributed by atoms with E-state index in [9.17, 15) is 4.79 Å². The van der Waals surface area contributed by atoms with Crippen molar-refractivity contribution in [2.45, 2.75) is 33.7 Å². The molecule has 0 spiro atoms. The molecular weight excluding hydrogens is 364 g/mol. The fraction of sp³-hybridized carbons (Fsp3) is 0.238. The minimum Gasteiger partial charge on any atom is -0.316 e. The molecule has 26 heavy (non-hydrogen) atoms. The lowest BCUT2D eigenvalue weighted by molar-refractivity contribution is 0.0997. The quantitative estimate of drug-likeness (QED) is 0.584. The number of hydrogen-bond donors (Lipinski definition) is 0. The Morgan fingerprint density at radius 1 is 1.12 bits per heavy atom. The first-order valence-corrected chi connectivity index (χ1v) is 9.87. The van der Waals surface area contributed by atoms with Crippen molar-refractivity contribution >= 4 is 28.8 Å². The van der Waals surface area contributed by atoms with Crippen molar-refractivity contribution in [3.8, 4) is 11.3 Å². The van der Waals surface area contributed by atoms with Crippen LogP contribution in [-0.4, -0.2) is 10.5 Å². The molecule has 0 bridgehead atoms. The number of nitrogens with zero attached hydrogens (tertiary/aromatic N) is 2. The average molecular weight is 385 g/mol. The highest BCUT2D eigenvalue weighted by atomic mass is 35.5. The lowest BCUT2D eigenvalue weighted by Crippen LogP contribution is -2.17. The van der Waals surface area contributed by atoms with E-state index in [4.69, 9.17) is 11.6 Å². The van der Waals surface area contributed by atoms with Crippen LogP contribution in [0.4, 0.5) is 0 Å². The van der Waals surface area contributed by atoms with Crippen LogP contribution in [0, 0.1) is 6.92 Å². The van der Waals surface area contributed by atoms with Crippen molar-refractivity contribution in [2.75, 3.05) is 0 Å². The Balaban J connectivity index is 2.15. The van der Waals surface area contributed by atoms with Gasteiger partial charge in [0.25, 0.3) is 5.91 Å². The van der Waals surface area contributed by atoms with E-state index in [1.807, 2.05) is 55.5 Å². The molecule has 0 fully saturated rings. The van der Waals surface area contributed by atoms with Gasteiger partial charge < -0.3 is 4.57 Å². The molecule has 0 aliphatic heterocycles. The molecule has 3 rings (SSSR count). The first kappa shape index (κ1) is 18.6. The standard InChI is InChI=1S/C21H21ClN2OS/c1-4-18-19(15-10-12-16(22)13-11-15)24(5-2)21(26-18)23-20(25)17-9-7-6-8-14(17)3/h6-13H,4-5H2,1-3H3. The largest absolute Gasteiger partial charge is 0.316 e. The van der Waals surface area contributed by atoms with Gasteiger partial charge in [-0.15, -0.1) is 11.3 Å². The van der Waals surface area contributed by atoms with Crippen LogP contribution in [0.2, 0.25) is 5.02 Å². The number of carbonyl (C=O) groups is 1. The van der Waals surface area contributed by atoms with Gasteiger partial charge in [-0.05, 0) is 49.6 Å². The highest BCUT2D eigenvalue weighted by molar-refractivity contribution is 7.09. The van der Waals surface area contributed by atoms with E-state index in [-0.39, 0.29) is 5.91 Å². The van der Waals surface area contributed by atoms with Crippen LogP contribution in [0.5, 0.6) is 0 Å². The maximum absolute atomic E-state index is 12.7. The molecule has 0 aliphatic rings. The summed E-state index contributed by atoms with van der Waals surface area (Å²) in [7, 11) is 0. The van der Waals surface area contributed by atoms with E-state index in [2.05, 4.69) is 23.4 Å². The lowest BCUT2D eigenvalue weighted by atomic mass is 10.1. The number of rotatable bonds is 4. The van der Waals surface area contributed by atoms with Crippen LogP contribution >= 0.6 is 22.9 Å². The van der Waals surface area contributed by atoms with Gasteiger partial charge in [0.15, 0.2) is 4.80 Å². The summed E-state index contributed by atoms with van der Waals surface area (Å²) in [6.45, 7) is 6.87. The smallest absolute Gasteiger partial charge is 0.279 e. The minimum absolute atomic E-state index is 0.197. The molecule has 0 aliphatic carbocycles. The zero-order valence-corrected chi connectivity index (χ0v) is 16.7. The van der Waals surface area contributed by atoms with Crippen LogP contribution in [0.15, 0.2) is 53.5 Å². The van der Waals surface area contributed by atoms with Gasteiger partial charge in [-0.1, -0.05) is 48.9 Å². The molecule has 0 unspecified atom stereocenters. The Morgan fingerprint density at radius 3 is 2.42 bits per heavy atom. The second-order valence-electron chi connectivity index (χ2n) is 5.99. The normalized spacial score (nSPS) is 11.8. The molecule has 0 atom stereocenters. The molecule has 1 amide bonds. The van der Waals surface area contributed by atoms with Gasteiger partial charge in [0.05, 0.1) is 5.69 Å². The van der Waals surface area contributed by atoms with Crippen molar-refractivity contribution < 1.29 is 4.79 Å². The van der Waals surface area contributed by atoms with Crippen LogP contribution in [0.3, 0.4) is 0 Å². The van der Waals surface area contributed by atoms with Gasteiger partial charge in [-0.25, -0.2) is 0 Å². The Labute approximate surface area is 162 Å². The third-order valence-corrected chi connectivity index (χ3v) is 5.78. The maximum Gasteiger partial charge on any atom is 0.279 e. The van der Waals surface area contributed by atoms with Gasteiger partial charge in [-0.3, -0.25) is 4.79 Å². The van der Waals surface area contributed by atoms with Gasteiger partial charge in [0.2, 0.25) is 0 Å². The fourth-order valence-electron chi connectivity index (χ4n) is 2.96. The van der Waals surface area contributed by atoms with E-state index in [1.165, 1.54) is 4.88 Å². The molecule has 0 radical (unpaired) electrons. The Morgan fingerprint density at radius 2 is 1.81 bits per heavy atom.